The van der Waals surface area contributed by atoms with Crippen molar-refractivity contribution in [3.8, 4) is 5.75 Å². The fourth-order valence-corrected chi connectivity index (χ4v) is 3.23. The molecule has 5 nitrogen and oxygen atoms in total. The number of nitrogens with one attached hydrogen (secondary N) is 1. The summed E-state index contributed by atoms with van der Waals surface area (Å²) in [5, 5.41) is 7.84. The van der Waals surface area contributed by atoms with Crippen molar-refractivity contribution in [3.63, 3.8) is 0 Å². The van der Waals surface area contributed by atoms with Crippen molar-refractivity contribution in [2.24, 2.45) is 0 Å². The molecular weight excluding hydrogens is 429 g/mol. The third-order valence-corrected chi connectivity index (χ3v) is 5.32. The number of carbonyl (C=O) groups is 1. The number of hydrogen-bond donors (Lipinski definition) is 1. The van der Waals surface area contributed by atoms with Crippen LogP contribution in [0.25, 0.3) is 0 Å². The number of halogens is 2. The molecule has 0 aliphatic carbocycles. The summed E-state index contributed by atoms with van der Waals surface area (Å²) in [6, 6.07) is 20.7. The van der Waals surface area contributed by atoms with Gasteiger partial charge in [-0.05, 0) is 66.1 Å². The fourth-order valence-electron chi connectivity index (χ4n) is 3.11. The van der Waals surface area contributed by atoms with E-state index in [0.717, 1.165) is 22.4 Å². The standard InChI is InChI=1S/C25H21ClFN3O2/c1-17-14-22(10-11-23(17)26)32-16-19-2-6-20(7-3-19)25(31)28-24-12-13-30(29-24)15-18-4-8-21(27)9-5-18/h2-14H,15-16H2,1H3,(H,28,29,31). The minimum Gasteiger partial charge on any atom is -0.489 e. The number of ether oxygens (including phenoxy) is 1. The molecule has 3 aromatic carbocycles. The van der Waals surface area contributed by atoms with Crippen LogP contribution in [0.5, 0.6) is 5.75 Å². The summed E-state index contributed by atoms with van der Waals surface area (Å²) >= 11 is 6.03. The zero-order valence-electron chi connectivity index (χ0n) is 17.4. The van der Waals surface area contributed by atoms with Gasteiger partial charge in [-0.15, -0.1) is 0 Å². The van der Waals surface area contributed by atoms with Gasteiger partial charge in [0, 0.05) is 22.8 Å². The van der Waals surface area contributed by atoms with Crippen LogP contribution in [0.4, 0.5) is 10.2 Å². The normalized spacial score (nSPS) is 10.7. The lowest BCUT2D eigenvalue weighted by Crippen LogP contribution is -2.13. The first-order chi connectivity index (χ1) is 15.5. The molecule has 0 atom stereocenters. The summed E-state index contributed by atoms with van der Waals surface area (Å²) in [5.74, 6) is 0.658. The monoisotopic (exact) mass is 449 g/mol. The van der Waals surface area contributed by atoms with Crippen molar-refractivity contribution in [2.45, 2.75) is 20.1 Å². The van der Waals surface area contributed by atoms with Crippen LogP contribution in [-0.4, -0.2) is 15.7 Å². The second kappa shape index (κ2) is 9.66. The molecule has 1 amide bonds. The minimum absolute atomic E-state index is 0.252. The summed E-state index contributed by atoms with van der Waals surface area (Å²) < 4.78 is 20.5. The molecule has 0 spiro atoms. The predicted octanol–water partition coefficient (Wildman–Crippen LogP) is 5.86. The van der Waals surface area contributed by atoms with E-state index in [1.165, 1.54) is 12.1 Å². The third kappa shape index (κ3) is 5.53. The largest absolute Gasteiger partial charge is 0.489 e. The summed E-state index contributed by atoms with van der Waals surface area (Å²) in [5.41, 5.74) is 3.33. The molecule has 0 radical (unpaired) electrons. The number of rotatable bonds is 7. The first-order valence-corrected chi connectivity index (χ1v) is 10.4. The number of benzene rings is 3. The topological polar surface area (TPSA) is 56.1 Å². The smallest absolute Gasteiger partial charge is 0.256 e. The Labute approximate surface area is 190 Å². The van der Waals surface area contributed by atoms with Crippen LogP contribution in [0, 0.1) is 12.7 Å². The highest BCUT2D eigenvalue weighted by Gasteiger charge is 2.09. The van der Waals surface area contributed by atoms with E-state index < -0.39 is 0 Å². The Kier molecular flexibility index (Phi) is 6.52. The van der Waals surface area contributed by atoms with E-state index in [-0.39, 0.29) is 11.7 Å². The third-order valence-electron chi connectivity index (χ3n) is 4.89. The molecule has 1 heterocycles. The van der Waals surface area contributed by atoms with Crippen molar-refractivity contribution in [1.82, 2.24) is 9.78 Å². The molecular formula is C25H21ClFN3O2. The van der Waals surface area contributed by atoms with Gasteiger partial charge in [-0.1, -0.05) is 35.9 Å². The van der Waals surface area contributed by atoms with Gasteiger partial charge in [0.05, 0.1) is 6.54 Å². The Hall–Kier alpha value is -3.64. The lowest BCUT2D eigenvalue weighted by Gasteiger charge is -2.08. The van der Waals surface area contributed by atoms with Gasteiger partial charge in [0.15, 0.2) is 5.82 Å². The number of nitrogens with zero attached hydrogens (tertiary/aromatic N) is 2. The highest BCUT2D eigenvalue weighted by molar-refractivity contribution is 6.31. The van der Waals surface area contributed by atoms with Gasteiger partial charge >= 0.3 is 0 Å². The summed E-state index contributed by atoms with van der Waals surface area (Å²) in [4.78, 5) is 12.5. The van der Waals surface area contributed by atoms with Crippen molar-refractivity contribution in [3.05, 3.63) is 112 Å². The lowest BCUT2D eigenvalue weighted by molar-refractivity contribution is 0.102. The summed E-state index contributed by atoms with van der Waals surface area (Å²) in [6.45, 7) is 2.79. The van der Waals surface area contributed by atoms with Crippen molar-refractivity contribution in [1.29, 1.82) is 0 Å². The average Bonchev–Trinajstić information content (AvgIpc) is 3.23. The Morgan fingerprint density at radius 2 is 1.75 bits per heavy atom. The minimum atomic E-state index is -0.278. The molecule has 0 aliphatic rings. The van der Waals surface area contributed by atoms with Gasteiger partial charge < -0.3 is 10.1 Å². The van der Waals surface area contributed by atoms with E-state index in [0.29, 0.717) is 29.6 Å². The van der Waals surface area contributed by atoms with Gasteiger partial charge in [0.2, 0.25) is 0 Å². The van der Waals surface area contributed by atoms with Crippen molar-refractivity contribution in [2.75, 3.05) is 5.32 Å². The molecule has 7 heteroatoms. The van der Waals surface area contributed by atoms with Gasteiger partial charge in [-0.25, -0.2) is 4.39 Å². The molecule has 1 aromatic heterocycles. The second-order valence-corrected chi connectivity index (χ2v) is 7.78. The van der Waals surface area contributed by atoms with Crippen LogP contribution in [0.15, 0.2) is 79.0 Å². The van der Waals surface area contributed by atoms with E-state index in [2.05, 4.69) is 10.4 Å². The zero-order valence-corrected chi connectivity index (χ0v) is 18.1. The number of aromatic nitrogens is 2. The van der Waals surface area contributed by atoms with Crippen LogP contribution in [0.1, 0.15) is 27.0 Å². The highest BCUT2D eigenvalue weighted by atomic mass is 35.5. The molecule has 32 heavy (non-hydrogen) atoms. The fraction of sp³-hybridized carbons (Fsp3) is 0.120. The molecule has 4 rings (SSSR count). The van der Waals surface area contributed by atoms with Crippen LogP contribution in [0.2, 0.25) is 5.02 Å². The summed E-state index contributed by atoms with van der Waals surface area (Å²) in [6.07, 6.45) is 1.76. The Bertz CT molecular complexity index is 1220. The maximum absolute atomic E-state index is 13.0. The van der Waals surface area contributed by atoms with Gasteiger partial charge in [-0.2, -0.15) is 5.10 Å². The van der Waals surface area contributed by atoms with Gasteiger partial charge in [0.1, 0.15) is 18.2 Å². The Morgan fingerprint density at radius 1 is 1.03 bits per heavy atom. The van der Waals surface area contributed by atoms with Crippen LogP contribution in [0.3, 0.4) is 0 Å². The number of anilines is 1. The molecule has 0 unspecified atom stereocenters. The number of amides is 1. The maximum atomic E-state index is 13.0. The van der Waals surface area contributed by atoms with E-state index in [4.69, 9.17) is 16.3 Å². The lowest BCUT2D eigenvalue weighted by atomic mass is 10.1. The molecule has 0 bridgehead atoms. The molecule has 0 fully saturated rings. The van der Waals surface area contributed by atoms with Crippen LogP contribution < -0.4 is 10.1 Å². The second-order valence-electron chi connectivity index (χ2n) is 7.38. The molecule has 0 saturated heterocycles. The number of carbonyl (C=O) groups excluding carboxylic acids is 1. The number of aryl methyl sites for hydroxylation is 1. The molecule has 0 aliphatic heterocycles. The van der Waals surface area contributed by atoms with Gasteiger partial charge in [0.25, 0.3) is 5.91 Å². The van der Waals surface area contributed by atoms with Crippen molar-refractivity contribution >= 4 is 23.3 Å². The average molecular weight is 450 g/mol. The van der Waals surface area contributed by atoms with Gasteiger partial charge in [-0.3, -0.25) is 9.48 Å². The highest BCUT2D eigenvalue weighted by Crippen LogP contribution is 2.22. The van der Waals surface area contributed by atoms with E-state index in [9.17, 15) is 9.18 Å². The first-order valence-electron chi connectivity index (χ1n) is 10.0. The van der Waals surface area contributed by atoms with E-state index >= 15 is 0 Å². The van der Waals surface area contributed by atoms with Crippen molar-refractivity contribution < 1.29 is 13.9 Å². The quantitative estimate of drug-likeness (QED) is 0.384. The zero-order chi connectivity index (χ0) is 22.5. The molecule has 0 saturated carbocycles. The van der Waals surface area contributed by atoms with Crippen LogP contribution in [-0.2, 0) is 13.2 Å². The maximum Gasteiger partial charge on any atom is 0.256 e. The number of hydrogen-bond acceptors (Lipinski definition) is 3. The van der Waals surface area contributed by atoms with Crippen LogP contribution >= 0.6 is 11.6 Å². The van der Waals surface area contributed by atoms with E-state index in [1.54, 1.807) is 47.3 Å². The molecule has 4 aromatic rings. The van der Waals surface area contributed by atoms with E-state index in [1.807, 2.05) is 31.2 Å². The SMILES string of the molecule is Cc1cc(OCc2ccc(C(=O)Nc3ccn(Cc4ccc(F)cc4)n3)cc2)ccc1Cl. The first kappa shape index (κ1) is 21.6. The predicted molar refractivity (Wildman–Crippen MR) is 123 cm³/mol. The molecule has 1 N–H and O–H groups in total. The Morgan fingerprint density at radius 3 is 2.47 bits per heavy atom. The molecule has 162 valence electrons. The summed E-state index contributed by atoms with van der Waals surface area (Å²) in [7, 11) is 0. The Balaban J connectivity index is 1.32.